The van der Waals surface area contributed by atoms with Gasteiger partial charge in [-0.2, -0.15) is 5.26 Å². The van der Waals surface area contributed by atoms with Crippen molar-refractivity contribution < 1.29 is 14.3 Å². The molecule has 7 heteroatoms. The maximum Gasteiger partial charge on any atom is 0.162 e. The van der Waals surface area contributed by atoms with Crippen LogP contribution >= 0.6 is 15.9 Å². The molecule has 1 heterocycles. The van der Waals surface area contributed by atoms with Crippen LogP contribution in [0, 0.1) is 30.6 Å². The summed E-state index contributed by atoms with van der Waals surface area (Å²) in [5.41, 5.74) is 13.3. The maximum absolute atomic E-state index is 14.0. The molecule has 5 rings (SSSR count). The monoisotopic (exact) mass is 611 g/mol. The van der Waals surface area contributed by atoms with Crippen LogP contribution in [0.15, 0.2) is 87.8 Å². The van der Waals surface area contributed by atoms with Gasteiger partial charge in [0.1, 0.15) is 23.9 Å². The number of ketones is 1. The van der Waals surface area contributed by atoms with Gasteiger partial charge in [0.25, 0.3) is 0 Å². The van der Waals surface area contributed by atoms with E-state index in [1.165, 1.54) is 0 Å². The Morgan fingerprint density at radius 1 is 1.02 bits per heavy atom. The number of hydrogen-bond donors (Lipinski definition) is 1. The molecular weight excluding hydrogens is 578 g/mol. The number of anilines is 1. The van der Waals surface area contributed by atoms with Crippen molar-refractivity contribution in [3.05, 3.63) is 110 Å². The summed E-state index contributed by atoms with van der Waals surface area (Å²) in [5, 5.41) is 10.5. The van der Waals surface area contributed by atoms with E-state index in [9.17, 15) is 10.1 Å². The molecule has 3 aromatic rings. The first-order valence-corrected chi connectivity index (χ1v) is 14.4. The second-order valence-corrected chi connectivity index (χ2v) is 12.5. The average molecular weight is 613 g/mol. The zero-order valence-corrected chi connectivity index (χ0v) is 25.6. The fraction of sp³-hybridized carbons (Fsp3) is 0.294. The van der Waals surface area contributed by atoms with E-state index in [4.69, 9.17) is 15.2 Å². The number of rotatable bonds is 6. The van der Waals surface area contributed by atoms with Crippen molar-refractivity contribution in [3.8, 4) is 17.6 Å². The highest BCUT2D eigenvalue weighted by Gasteiger charge is 2.45. The molecule has 1 aliphatic carbocycles. The number of carbonyl (C=O) groups is 1. The molecule has 0 bridgehead atoms. The molecular formula is C34H34BrN3O3. The van der Waals surface area contributed by atoms with Crippen LogP contribution in [-0.2, 0) is 11.4 Å². The number of ether oxygens (including phenoxy) is 2. The third-order valence-electron chi connectivity index (χ3n) is 7.96. The Morgan fingerprint density at radius 3 is 2.32 bits per heavy atom. The van der Waals surface area contributed by atoms with Gasteiger partial charge in [-0.05, 0) is 96.5 Å². The number of hydrogen-bond acceptors (Lipinski definition) is 6. The first-order valence-electron chi connectivity index (χ1n) is 13.6. The number of aryl methyl sites for hydroxylation is 2. The molecule has 0 fully saturated rings. The van der Waals surface area contributed by atoms with E-state index in [-0.39, 0.29) is 11.2 Å². The Bertz CT molecular complexity index is 1610. The molecule has 2 N–H and O–H groups in total. The van der Waals surface area contributed by atoms with Gasteiger partial charge in [0.2, 0.25) is 0 Å². The highest BCUT2D eigenvalue weighted by atomic mass is 79.9. The van der Waals surface area contributed by atoms with Crippen molar-refractivity contribution in [2.45, 2.75) is 53.1 Å². The Balaban J connectivity index is 1.63. The zero-order valence-electron chi connectivity index (χ0n) is 24.0. The molecule has 41 heavy (non-hydrogen) atoms. The summed E-state index contributed by atoms with van der Waals surface area (Å²) >= 11 is 3.51. The topological polar surface area (TPSA) is 88.6 Å². The van der Waals surface area contributed by atoms with Crippen molar-refractivity contribution in [2.75, 3.05) is 12.0 Å². The summed E-state index contributed by atoms with van der Waals surface area (Å²) in [5.74, 6) is 1.36. The van der Waals surface area contributed by atoms with E-state index in [2.05, 4.69) is 48.0 Å². The third-order valence-corrected chi connectivity index (χ3v) is 8.48. The van der Waals surface area contributed by atoms with Crippen LogP contribution in [0.25, 0.3) is 0 Å². The Morgan fingerprint density at radius 2 is 1.68 bits per heavy atom. The quantitative estimate of drug-likeness (QED) is 0.309. The number of halogens is 1. The molecule has 0 radical (unpaired) electrons. The molecule has 1 aliphatic heterocycles. The Hall–Kier alpha value is -4.02. The molecule has 0 aromatic heterocycles. The summed E-state index contributed by atoms with van der Waals surface area (Å²) in [4.78, 5) is 15.9. The van der Waals surface area contributed by atoms with Gasteiger partial charge in [0, 0.05) is 27.9 Å². The van der Waals surface area contributed by atoms with Crippen molar-refractivity contribution in [1.29, 1.82) is 5.26 Å². The van der Waals surface area contributed by atoms with Crippen molar-refractivity contribution in [2.24, 2.45) is 11.1 Å². The highest BCUT2D eigenvalue weighted by Crippen LogP contribution is 2.51. The van der Waals surface area contributed by atoms with Crippen LogP contribution in [0.2, 0.25) is 0 Å². The van der Waals surface area contributed by atoms with E-state index in [1.807, 2.05) is 67.3 Å². The Labute approximate surface area is 250 Å². The molecule has 0 amide bonds. The van der Waals surface area contributed by atoms with E-state index in [1.54, 1.807) is 7.11 Å². The number of allylic oxidation sites excluding steroid dienone is 3. The standard InChI is InChI=1S/C34H34BrN3O3/c1-20-14-21(2)27(15-22(20)19-41-26-12-10-25(40-5)11-13-26)31-28(18-36)33(37)38(24-8-6-23(35)7-9-24)29-16-34(3,4)17-30(39)32(29)31/h6-15,31H,16-17,19,37H2,1-5H3. The Kier molecular flexibility index (Phi) is 7.72. The van der Waals surface area contributed by atoms with Crippen LogP contribution < -0.4 is 20.1 Å². The van der Waals surface area contributed by atoms with Gasteiger partial charge < -0.3 is 15.2 Å². The summed E-state index contributed by atoms with van der Waals surface area (Å²) in [6.07, 6.45) is 1.08. The van der Waals surface area contributed by atoms with Crippen LogP contribution in [0.3, 0.4) is 0 Å². The molecule has 0 saturated heterocycles. The number of carbonyl (C=O) groups excluding carboxylic acids is 1. The minimum absolute atomic E-state index is 0.0552. The summed E-state index contributed by atoms with van der Waals surface area (Å²) in [6.45, 7) is 8.63. The minimum Gasteiger partial charge on any atom is -0.497 e. The smallest absolute Gasteiger partial charge is 0.162 e. The largest absolute Gasteiger partial charge is 0.497 e. The van der Waals surface area contributed by atoms with Gasteiger partial charge in [0.15, 0.2) is 5.78 Å². The lowest BCUT2D eigenvalue weighted by Gasteiger charge is -2.44. The highest BCUT2D eigenvalue weighted by molar-refractivity contribution is 9.10. The van der Waals surface area contributed by atoms with Crippen molar-refractivity contribution in [3.63, 3.8) is 0 Å². The van der Waals surface area contributed by atoms with E-state index in [0.717, 1.165) is 49.6 Å². The van der Waals surface area contributed by atoms with Crippen LogP contribution in [0.4, 0.5) is 5.69 Å². The number of nitriles is 1. The fourth-order valence-electron chi connectivity index (χ4n) is 5.92. The third kappa shape index (κ3) is 5.49. The van der Waals surface area contributed by atoms with Gasteiger partial charge in [-0.3, -0.25) is 9.69 Å². The van der Waals surface area contributed by atoms with Crippen LogP contribution in [0.5, 0.6) is 11.5 Å². The second-order valence-electron chi connectivity index (χ2n) is 11.6. The molecule has 3 aromatic carbocycles. The van der Waals surface area contributed by atoms with Gasteiger partial charge >= 0.3 is 0 Å². The number of Topliss-reactive ketones (excluding diaryl/α,β-unsaturated/α-hetero) is 1. The predicted octanol–water partition coefficient (Wildman–Crippen LogP) is 7.59. The maximum atomic E-state index is 14.0. The van der Waals surface area contributed by atoms with Crippen LogP contribution in [-0.4, -0.2) is 12.9 Å². The first kappa shape index (κ1) is 28.5. The van der Waals surface area contributed by atoms with Crippen molar-refractivity contribution >= 4 is 27.4 Å². The molecule has 0 spiro atoms. The number of nitrogens with zero attached hydrogens (tertiary/aromatic N) is 2. The first-order chi connectivity index (χ1) is 19.5. The minimum atomic E-state index is -0.550. The van der Waals surface area contributed by atoms with Gasteiger partial charge in [0.05, 0.1) is 24.7 Å². The van der Waals surface area contributed by atoms with Gasteiger partial charge in [-0.1, -0.05) is 41.9 Å². The summed E-state index contributed by atoms with van der Waals surface area (Å²) in [7, 11) is 1.63. The van der Waals surface area contributed by atoms with E-state index >= 15 is 0 Å². The summed E-state index contributed by atoms with van der Waals surface area (Å²) in [6, 6.07) is 21.8. The van der Waals surface area contributed by atoms with Crippen molar-refractivity contribution in [1.82, 2.24) is 0 Å². The average Bonchev–Trinajstić information content (AvgIpc) is 2.92. The zero-order chi connectivity index (χ0) is 29.5. The van der Waals surface area contributed by atoms with Gasteiger partial charge in [-0.25, -0.2) is 0 Å². The van der Waals surface area contributed by atoms with E-state index < -0.39 is 5.92 Å². The number of methoxy groups -OCH3 is 1. The summed E-state index contributed by atoms with van der Waals surface area (Å²) < 4.78 is 12.3. The van der Waals surface area contributed by atoms with Gasteiger partial charge in [-0.15, -0.1) is 0 Å². The molecule has 1 atom stereocenters. The lowest BCUT2D eigenvalue weighted by Crippen LogP contribution is -2.42. The molecule has 210 valence electrons. The van der Waals surface area contributed by atoms with Crippen LogP contribution in [0.1, 0.15) is 54.9 Å². The number of benzene rings is 3. The fourth-order valence-corrected chi connectivity index (χ4v) is 6.18. The molecule has 2 aliphatic rings. The molecule has 0 saturated carbocycles. The molecule has 1 unspecified atom stereocenters. The van der Waals surface area contributed by atoms with E-state index in [0.29, 0.717) is 36.4 Å². The normalized spacial score (nSPS) is 18.2. The predicted molar refractivity (Wildman–Crippen MR) is 164 cm³/mol. The SMILES string of the molecule is COc1ccc(OCc2cc(C3C(C#N)=C(N)N(c4ccc(Br)cc4)C4=C3C(=O)CC(C)(C)C4)c(C)cc2C)cc1. The lowest BCUT2D eigenvalue weighted by molar-refractivity contribution is -0.118. The molecule has 6 nitrogen and oxygen atoms in total. The number of nitrogens with two attached hydrogens (primary N) is 1. The lowest BCUT2D eigenvalue weighted by atomic mass is 9.68. The second kappa shape index (κ2) is 11.1.